The van der Waals surface area contributed by atoms with Crippen LogP contribution in [0.4, 0.5) is 10.5 Å². The van der Waals surface area contributed by atoms with Gasteiger partial charge in [0, 0.05) is 23.1 Å². The highest BCUT2D eigenvalue weighted by molar-refractivity contribution is 6.30. The zero-order chi connectivity index (χ0) is 19.2. The number of ether oxygens (including phenoxy) is 1. The second kappa shape index (κ2) is 8.36. The Kier molecular flexibility index (Phi) is 6.78. The number of benzene rings is 1. The number of hydrogen-bond acceptors (Lipinski definition) is 5. The summed E-state index contributed by atoms with van der Waals surface area (Å²) in [5.41, 5.74) is 7.62. The first-order valence-corrected chi connectivity index (χ1v) is 7.55. The van der Waals surface area contributed by atoms with Gasteiger partial charge in [-0.3, -0.25) is 14.9 Å². The second-order valence-electron chi connectivity index (χ2n) is 6.08. The molecule has 0 aliphatic heterocycles. The molecule has 0 aliphatic rings. The molecule has 134 valence electrons. The Morgan fingerprint density at radius 1 is 1.48 bits per heavy atom. The molecule has 0 bridgehead atoms. The Morgan fingerprint density at radius 2 is 2.12 bits per heavy atom. The van der Waals surface area contributed by atoms with Gasteiger partial charge < -0.3 is 15.6 Å². The van der Waals surface area contributed by atoms with Crippen molar-refractivity contribution in [2.75, 3.05) is 0 Å². The molecule has 25 heavy (non-hydrogen) atoms. The van der Waals surface area contributed by atoms with Crippen molar-refractivity contribution in [3.8, 4) is 0 Å². The second-order valence-corrected chi connectivity index (χ2v) is 6.52. The molecule has 0 saturated heterocycles. The lowest BCUT2D eigenvalue weighted by molar-refractivity contribution is -0.385. The van der Waals surface area contributed by atoms with E-state index in [-0.39, 0.29) is 22.7 Å². The molecule has 1 aromatic rings. The summed E-state index contributed by atoms with van der Waals surface area (Å²) in [6, 6.07) is 2.64. The van der Waals surface area contributed by atoms with Crippen LogP contribution in [-0.4, -0.2) is 39.4 Å². The van der Waals surface area contributed by atoms with Crippen molar-refractivity contribution in [2.24, 2.45) is 0 Å². The number of nitro benzene ring substituents is 1. The molecule has 0 radical (unpaired) electrons. The standard InChI is InChI=1S/C15H17ClN4O5/c1-15(2,3)25-14(22)19-11(13(21)8-18-17)7-9-6-10(16)4-5-12(9)20(23)24/h4-6,8,11H,7H2,1-3H3,(H,19,22). The first-order valence-electron chi connectivity index (χ1n) is 7.17. The topological polar surface area (TPSA) is 135 Å². The monoisotopic (exact) mass is 368 g/mol. The first kappa shape index (κ1) is 20.3. The molecule has 1 unspecified atom stereocenters. The number of nitro groups is 1. The summed E-state index contributed by atoms with van der Waals surface area (Å²) in [6.07, 6.45) is -0.527. The van der Waals surface area contributed by atoms with Crippen molar-refractivity contribution < 1.29 is 24.0 Å². The highest BCUT2D eigenvalue weighted by atomic mass is 35.5. The lowest BCUT2D eigenvalue weighted by atomic mass is 10.0. The van der Waals surface area contributed by atoms with Crippen LogP contribution in [0.1, 0.15) is 26.3 Å². The lowest BCUT2D eigenvalue weighted by Gasteiger charge is -2.22. The molecule has 1 atom stereocenters. The first-order chi connectivity index (χ1) is 11.5. The zero-order valence-electron chi connectivity index (χ0n) is 13.9. The van der Waals surface area contributed by atoms with E-state index in [1.54, 1.807) is 20.8 Å². The molecular formula is C15H17ClN4O5. The Labute approximate surface area is 148 Å². The Hall–Kier alpha value is -2.77. The summed E-state index contributed by atoms with van der Waals surface area (Å²) in [7, 11) is 0. The minimum absolute atomic E-state index is 0.137. The van der Waals surface area contributed by atoms with Gasteiger partial charge in [0.2, 0.25) is 0 Å². The average molecular weight is 369 g/mol. The number of halogens is 1. The smallest absolute Gasteiger partial charge is 0.408 e. The summed E-state index contributed by atoms with van der Waals surface area (Å²) in [4.78, 5) is 37.1. The van der Waals surface area contributed by atoms with E-state index in [4.69, 9.17) is 21.9 Å². The van der Waals surface area contributed by atoms with Gasteiger partial charge in [-0.1, -0.05) is 11.6 Å². The number of hydrogen-bond donors (Lipinski definition) is 1. The van der Waals surface area contributed by atoms with Gasteiger partial charge in [0.05, 0.1) is 4.92 Å². The molecular weight excluding hydrogens is 352 g/mol. The van der Waals surface area contributed by atoms with E-state index in [1.807, 2.05) is 0 Å². The van der Waals surface area contributed by atoms with Crippen LogP contribution < -0.4 is 5.32 Å². The Balaban J connectivity index is 3.12. The molecule has 1 N–H and O–H groups in total. The van der Waals surface area contributed by atoms with Crippen molar-refractivity contribution in [3.05, 3.63) is 44.4 Å². The third kappa shape index (κ3) is 6.70. The van der Waals surface area contributed by atoms with E-state index in [0.29, 0.717) is 6.21 Å². The fourth-order valence-corrected chi connectivity index (χ4v) is 2.13. The van der Waals surface area contributed by atoms with Gasteiger partial charge in [-0.15, -0.1) is 0 Å². The third-order valence-electron chi connectivity index (χ3n) is 2.88. The predicted octanol–water partition coefficient (Wildman–Crippen LogP) is 2.55. The molecule has 0 aliphatic carbocycles. The summed E-state index contributed by atoms with van der Waals surface area (Å²) in [6.45, 7) is 4.92. The minimum Gasteiger partial charge on any atom is -0.444 e. The molecule has 10 heteroatoms. The molecule has 0 aromatic heterocycles. The lowest BCUT2D eigenvalue weighted by Crippen LogP contribution is -2.45. The number of amides is 1. The van der Waals surface area contributed by atoms with Crippen molar-refractivity contribution in [2.45, 2.75) is 38.8 Å². The number of Topliss-reactive ketones (excluding diaryl/α,β-unsaturated/α-hetero) is 1. The molecule has 0 heterocycles. The summed E-state index contributed by atoms with van der Waals surface area (Å²) < 4.78 is 5.07. The number of carbonyl (C=O) groups excluding carboxylic acids is 2. The van der Waals surface area contributed by atoms with Gasteiger partial charge in [-0.2, -0.15) is 4.79 Å². The maximum atomic E-state index is 12.0. The Bertz CT molecular complexity index is 738. The fourth-order valence-electron chi connectivity index (χ4n) is 1.94. The maximum Gasteiger partial charge on any atom is 0.408 e. The van der Waals surface area contributed by atoms with Crippen LogP contribution in [0, 0.1) is 10.1 Å². The van der Waals surface area contributed by atoms with Crippen LogP contribution in [0.5, 0.6) is 0 Å². The van der Waals surface area contributed by atoms with Crippen LogP contribution in [0.3, 0.4) is 0 Å². The quantitative estimate of drug-likeness (QED) is 0.270. The number of alkyl carbamates (subject to hydrolysis) is 1. The van der Waals surface area contributed by atoms with Crippen LogP contribution in [0.15, 0.2) is 18.2 Å². The number of rotatable bonds is 6. The van der Waals surface area contributed by atoms with E-state index < -0.39 is 28.4 Å². The number of carbonyl (C=O) groups is 2. The van der Waals surface area contributed by atoms with Gasteiger partial charge in [0.25, 0.3) is 11.5 Å². The van der Waals surface area contributed by atoms with E-state index >= 15 is 0 Å². The minimum atomic E-state index is -1.23. The van der Waals surface area contributed by atoms with Gasteiger partial charge in [0.15, 0.2) is 0 Å². The summed E-state index contributed by atoms with van der Waals surface area (Å²) in [5, 5.41) is 13.7. The predicted molar refractivity (Wildman–Crippen MR) is 89.7 cm³/mol. The van der Waals surface area contributed by atoms with E-state index in [2.05, 4.69) is 10.1 Å². The number of nitrogens with zero attached hydrogens (tertiary/aromatic N) is 3. The van der Waals surface area contributed by atoms with E-state index in [0.717, 1.165) is 0 Å². The van der Waals surface area contributed by atoms with Crippen molar-refractivity contribution in [1.29, 1.82) is 0 Å². The molecule has 0 spiro atoms. The largest absolute Gasteiger partial charge is 0.444 e. The summed E-state index contributed by atoms with van der Waals surface area (Å²) >= 11 is 5.85. The van der Waals surface area contributed by atoms with Gasteiger partial charge in [0.1, 0.15) is 11.6 Å². The van der Waals surface area contributed by atoms with Crippen molar-refractivity contribution in [1.82, 2.24) is 5.32 Å². The summed E-state index contributed by atoms with van der Waals surface area (Å²) in [5.74, 6) is -0.761. The van der Waals surface area contributed by atoms with Crippen molar-refractivity contribution in [3.63, 3.8) is 0 Å². The number of ketones is 1. The van der Waals surface area contributed by atoms with Gasteiger partial charge in [-0.25, -0.2) is 4.79 Å². The molecule has 1 rings (SSSR count). The number of nitrogens with one attached hydrogen (secondary N) is 1. The van der Waals surface area contributed by atoms with E-state index in [1.165, 1.54) is 18.2 Å². The zero-order valence-corrected chi connectivity index (χ0v) is 14.6. The molecule has 0 saturated carbocycles. The molecule has 1 amide bonds. The Morgan fingerprint density at radius 3 is 2.64 bits per heavy atom. The average Bonchev–Trinajstić information content (AvgIpc) is 2.44. The third-order valence-corrected chi connectivity index (χ3v) is 3.12. The van der Waals surface area contributed by atoms with Gasteiger partial charge >= 0.3 is 12.3 Å². The highest BCUT2D eigenvalue weighted by Gasteiger charge is 2.28. The van der Waals surface area contributed by atoms with E-state index in [9.17, 15) is 19.7 Å². The van der Waals surface area contributed by atoms with Gasteiger partial charge in [-0.05, 0) is 32.9 Å². The maximum absolute atomic E-state index is 12.0. The molecule has 1 aromatic carbocycles. The van der Waals surface area contributed by atoms with Crippen LogP contribution in [0.2, 0.25) is 5.02 Å². The van der Waals surface area contributed by atoms with Crippen molar-refractivity contribution >= 4 is 35.4 Å². The molecule has 9 nitrogen and oxygen atoms in total. The highest BCUT2D eigenvalue weighted by Crippen LogP contribution is 2.24. The van der Waals surface area contributed by atoms with Crippen LogP contribution in [0.25, 0.3) is 5.53 Å². The fraction of sp³-hybridized carbons (Fsp3) is 0.400. The van der Waals surface area contributed by atoms with Crippen LogP contribution in [-0.2, 0) is 16.0 Å². The van der Waals surface area contributed by atoms with Crippen LogP contribution >= 0.6 is 11.6 Å². The normalized spacial score (nSPS) is 11.8. The SMILES string of the molecule is CC(C)(C)OC(=O)NC(Cc1cc(Cl)ccc1[N+](=O)[O-])C(=O)C=[N+]=[N-]. The molecule has 0 fully saturated rings.